The van der Waals surface area contributed by atoms with Gasteiger partial charge in [0.15, 0.2) is 0 Å². The molecule has 0 aliphatic heterocycles. The Hall–Kier alpha value is -3.48. The summed E-state index contributed by atoms with van der Waals surface area (Å²) < 4.78 is 75.3. The largest absolute Gasteiger partial charge is 0.416 e. The van der Waals surface area contributed by atoms with Crippen molar-refractivity contribution >= 4 is 17.1 Å². The maximum Gasteiger partial charge on any atom is 0.416 e. The summed E-state index contributed by atoms with van der Waals surface area (Å²) in [4.78, 5) is 5.39. The Morgan fingerprint density at radius 2 is 0.977 bits per heavy atom. The summed E-state index contributed by atoms with van der Waals surface area (Å²) in [5, 5.41) is 0. The third-order valence-electron chi connectivity index (χ3n) is 6.49. The Kier molecular flexibility index (Phi) is 15.0. The van der Waals surface area contributed by atoms with Gasteiger partial charge in [0, 0.05) is 65.9 Å². The van der Waals surface area contributed by atoms with Gasteiger partial charge in [-0.3, -0.25) is 0 Å². The highest BCUT2D eigenvalue weighted by atomic mass is 19.4. The average Bonchev–Trinajstić information content (AvgIpc) is 2.92. The first kappa shape index (κ1) is 38.5. The highest BCUT2D eigenvalue weighted by molar-refractivity contribution is 5.54. The number of anilines is 3. The van der Waals surface area contributed by atoms with Gasteiger partial charge in [0.2, 0.25) is 0 Å². The first-order valence-corrected chi connectivity index (χ1v) is 14.0. The quantitative estimate of drug-likeness (QED) is 0.263. The van der Waals surface area contributed by atoms with Gasteiger partial charge in [-0.2, -0.15) is 26.3 Å². The van der Waals surface area contributed by atoms with Crippen molar-refractivity contribution in [1.82, 2.24) is 0 Å². The number of halogens is 6. The van der Waals surface area contributed by atoms with E-state index in [9.17, 15) is 26.3 Å². The van der Waals surface area contributed by atoms with Crippen LogP contribution in [-0.4, -0.2) is 55.4 Å². The molecule has 0 saturated carbocycles. The number of hydrogen-bond donors (Lipinski definition) is 3. The van der Waals surface area contributed by atoms with Crippen LogP contribution in [0, 0.1) is 6.92 Å². The van der Waals surface area contributed by atoms with E-state index in [1.54, 1.807) is 50.1 Å². The summed E-state index contributed by atoms with van der Waals surface area (Å²) in [6, 6.07) is 14.4. The van der Waals surface area contributed by atoms with E-state index in [2.05, 4.69) is 44.1 Å². The van der Waals surface area contributed by atoms with Crippen LogP contribution < -0.4 is 31.9 Å². The number of rotatable bonds is 8. The summed E-state index contributed by atoms with van der Waals surface area (Å²) >= 11 is 0. The summed E-state index contributed by atoms with van der Waals surface area (Å²) in [6.07, 6.45) is -7.22. The molecule has 6 nitrogen and oxygen atoms in total. The van der Waals surface area contributed by atoms with Crippen molar-refractivity contribution in [3.8, 4) is 0 Å². The van der Waals surface area contributed by atoms with Crippen LogP contribution >= 0.6 is 0 Å². The Morgan fingerprint density at radius 3 is 1.34 bits per heavy atom. The van der Waals surface area contributed by atoms with Gasteiger partial charge in [0.25, 0.3) is 0 Å². The lowest BCUT2D eigenvalue weighted by molar-refractivity contribution is -0.138. The van der Waals surface area contributed by atoms with Gasteiger partial charge < -0.3 is 31.9 Å². The Bertz CT molecular complexity index is 1300. The molecule has 3 aromatic carbocycles. The second kappa shape index (κ2) is 17.1. The number of hydrogen-bond acceptors (Lipinski definition) is 6. The van der Waals surface area contributed by atoms with Crippen molar-refractivity contribution in [3.05, 3.63) is 88.0 Å². The molecule has 3 rings (SSSR count). The van der Waals surface area contributed by atoms with E-state index >= 15 is 0 Å². The zero-order chi connectivity index (χ0) is 33.8. The zero-order valence-electron chi connectivity index (χ0n) is 26.6. The lowest BCUT2D eigenvalue weighted by Gasteiger charge is -2.17. The number of benzene rings is 3. The average molecular weight is 629 g/mol. The van der Waals surface area contributed by atoms with Crippen LogP contribution in [-0.2, 0) is 31.7 Å². The Labute approximate surface area is 257 Å². The maximum atomic E-state index is 12.6. The molecule has 0 saturated heterocycles. The normalized spacial score (nSPS) is 11.2. The van der Waals surface area contributed by atoms with Crippen LogP contribution in [0.25, 0.3) is 0 Å². The van der Waals surface area contributed by atoms with Crippen LogP contribution in [0.5, 0.6) is 0 Å². The van der Waals surface area contributed by atoms with Crippen LogP contribution in [0.3, 0.4) is 0 Å². The molecule has 6 N–H and O–H groups in total. The molecule has 44 heavy (non-hydrogen) atoms. The number of nitrogens with two attached hydrogens (primary N) is 3. The lowest BCUT2D eigenvalue weighted by Crippen LogP contribution is -2.13. The van der Waals surface area contributed by atoms with Crippen LogP contribution in [0.2, 0.25) is 0 Å². The minimum absolute atomic E-state index is 0.102. The lowest BCUT2D eigenvalue weighted by atomic mass is 10.1. The van der Waals surface area contributed by atoms with E-state index in [1.807, 2.05) is 0 Å². The molecule has 0 aromatic heterocycles. The van der Waals surface area contributed by atoms with Gasteiger partial charge >= 0.3 is 12.4 Å². The SMILES string of the molecule is CN(C)c1cc(CCN)cc(C(F)(F)F)c1.CN(C)c1cc(CN)cc(C(F)(F)F)c1.Cc1cc(CCN)ccc1N(C)C. The molecular formula is C32H46F6N6. The van der Waals surface area contributed by atoms with Crippen molar-refractivity contribution in [3.63, 3.8) is 0 Å². The van der Waals surface area contributed by atoms with Gasteiger partial charge in [-0.15, -0.1) is 0 Å². The van der Waals surface area contributed by atoms with E-state index in [1.165, 1.54) is 16.8 Å². The molecule has 3 aromatic rings. The molecule has 12 heteroatoms. The molecule has 0 bridgehead atoms. The number of aryl methyl sites for hydroxylation is 1. The van der Waals surface area contributed by atoms with E-state index in [4.69, 9.17) is 17.2 Å². The van der Waals surface area contributed by atoms with Gasteiger partial charge in [0.1, 0.15) is 0 Å². The molecule has 0 aliphatic carbocycles. The summed E-state index contributed by atoms with van der Waals surface area (Å²) in [5.74, 6) is 0. The number of alkyl halides is 6. The van der Waals surface area contributed by atoms with Crippen LogP contribution in [0.4, 0.5) is 43.4 Å². The Morgan fingerprint density at radius 1 is 0.545 bits per heavy atom. The Balaban J connectivity index is 0.000000332. The van der Waals surface area contributed by atoms with Gasteiger partial charge in [0.05, 0.1) is 11.1 Å². The molecule has 0 aliphatic rings. The highest BCUT2D eigenvalue weighted by Gasteiger charge is 2.32. The predicted molar refractivity (Wildman–Crippen MR) is 170 cm³/mol. The van der Waals surface area contributed by atoms with E-state index in [0.29, 0.717) is 35.5 Å². The molecule has 0 atom stereocenters. The highest BCUT2D eigenvalue weighted by Crippen LogP contribution is 2.33. The van der Waals surface area contributed by atoms with Gasteiger partial charge in [-0.25, -0.2) is 0 Å². The van der Waals surface area contributed by atoms with Crippen LogP contribution in [0.1, 0.15) is 33.4 Å². The van der Waals surface area contributed by atoms with Crippen molar-refractivity contribution in [2.75, 3.05) is 70.1 Å². The topological polar surface area (TPSA) is 87.8 Å². The van der Waals surface area contributed by atoms with E-state index in [0.717, 1.165) is 37.2 Å². The third kappa shape index (κ3) is 12.6. The molecule has 0 unspecified atom stereocenters. The minimum Gasteiger partial charge on any atom is -0.378 e. The molecule has 0 spiro atoms. The van der Waals surface area contributed by atoms with Crippen molar-refractivity contribution < 1.29 is 26.3 Å². The molecule has 0 fully saturated rings. The first-order valence-electron chi connectivity index (χ1n) is 14.0. The number of nitrogens with zero attached hydrogens (tertiary/aromatic N) is 3. The fraction of sp³-hybridized carbons (Fsp3) is 0.438. The minimum atomic E-state index is -4.32. The van der Waals surface area contributed by atoms with Gasteiger partial charge in [-0.05, 0) is 97.6 Å². The molecular weight excluding hydrogens is 582 g/mol. The standard InChI is InChI=1S/C11H15F3N2.C11H18N2.C10H13F3N2/c1-16(2)10-6-8(3-4-15)5-9(7-10)11(12,13)14;1-9-8-10(6-7-12)4-5-11(9)13(2)3;1-15(2)9-4-7(6-14)3-8(5-9)10(11,12)13/h5-7H,3-4,15H2,1-2H3;4-5,8H,6-7,12H2,1-3H3;3-5H,6,14H2,1-2H3. The van der Waals surface area contributed by atoms with Crippen molar-refractivity contribution in [2.24, 2.45) is 17.2 Å². The third-order valence-corrected chi connectivity index (χ3v) is 6.49. The zero-order valence-corrected chi connectivity index (χ0v) is 26.6. The molecule has 0 amide bonds. The summed E-state index contributed by atoms with van der Waals surface area (Å²) in [7, 11) is 10.9. The molecule has 0 heterocycles. The fourth-order valence-corrected chi connectivity index (χ4v) is 4.16. The second-order valence-corrected chi connectivity index (χ2v) is 10.9. The first-order chi connectivity index (χ1) is 20.3. The van der Waals surface area contributed by atoms with Crippen molar-refractivity contribution in [2.45, 2.75) is 38.7 Å². The monoisotopic (exact) mass is 628 g/mol. The smallest absolute Gasteiger partial charge is 0.378 e. The predicted octanol–water partition coefficient (Wildman–Crippen LogP) is 6.06. The van der Waals surface area contributed by atoms with E-state index in [-0.39, 0.29) is 6.54 Å². The summed E-state index contributed by atoms with van der Waals surface area (Å²) in [6.45, 7) is 3.30. The molecule has 246 valence electrons. The van der Waals surface area contributed by atoms with Crippen molar-refractivity contribution in [1.29, 1.82) is 0 Å². The molecule has 0 radical (unpaired) electrons. The second-order valence-electron chi connectivity index (χ2n) is 10.9. The van der Waals surface area contributed by atoms with E-state index < -0.39 is 23.5 Å². The van der Waals surface area contributed by atoms with Crippen LogP contribution in [0.15, 0.2) is 54.6 Å². The van der Waals surface area contributed by atoms with Gasteiger partial charge in [-0.1, -0.05) is 12.1 Å². The summed E-state index contributed by atoms with van der Waals surface area (Å²) in [5.41, 5.74) is 21.0. The fourth-order valence-electron chi connectivity index (χ4n) is 4.16. The maximum absolute atomic E-state index is 12.6.